The fourth-order valence-electron chi connectivity index (χ4n) is 2.60. The molecule has 0 saturated heterocycles. The Kier molecular flexibility index (Phi) is 3.17. The second-order valence-corrected chi connectivity index (χ2v) is 7.83. The van der Waals surface area contributed by atoms with Crippen molar-refractivity contribution >= 4 is 11.2 Å². The number of hydrogen-bond acceptors (Lipinski definition) is 2. The molecule has 3 rings (SSSR count). The van der Waals surface area contributed by atoms with Gasteiger partial charge in [-0.25, -0.2) is 9.67 Å². The zero-order chi connectivity index (χ0) is 16.1. The molecule has 1 aromatic carbocycles. The first-order valence-electron chi connectivity index (χ1n) is 7.73. The zero-order valence-corrected chi connectivity index (χ0v) is 14.2. The van der Waals surface area contributed by atoms with Crippen molar-refractivity contribution < 1.29 is 0 Å². The van der Waals surface area contributed by atoms with Gasteiger partial charge < -0.3 is 4.98 Å². The normalized spacial score (nSPS) is 13.0. The summed E-state index contributed by atoms with van der Waals surface area (Å²) < 4.78 is 2.06. The Morgan fingerprint density at radius 3 is 2.14 bits per heavy atom. The number of nitrogens with zero attached hydrogens (tertiary/aromatic N) is 3. The highest BCUT2D eigenvalue weighted by Crippen LogP contribution is 2.32. The van der Waals surface area contributed by atoms with Crippen molar-refractivity contribution in [3.8, 4) is 11.4 Å². The summed E-state index contributed by atoms with van der Waals surface area (Å²) in [7, 11) is 0. The van der Waals surface area contributed by atoms with E-state index in [9.17, 15) is 0 Å². The highest BCUT2D eigenvalue weighted by Gasteiger charge is 2.29. The Morgan fingerprint density at radius 1 is 0.955 bits per heavy atom. The molecule has 0 aliphatic heterocycles. The average molecular weight is 296 g/mol. The van der Waals surface area contributed by atoms with Crippen LogP contribution in [-0.4, -0.2) is 19.7 Å². The first kappa shape index (κ1) is 14.8. The molecule has 2 heterocycles. The van der Waals surface area contributed by atoms with Gasteiger partial charge in [0.25, 0.3) is 0 Å². The third kappa shape index (κ3) is 2.43. The number of imidazole rings is 1. The van der Waals surface area contributed by atoms with E-state index in [0.717, 1.165) is 28.2 Å². The van der Waals surface area contributed by atoms with Gasteiger partial charge in [0.05, 0.1) is 11.2 Å². The molecule has 0 fully saturated rings. The van der Waals surface area contributed by atoms with Crippen LogP contribution in [0.3, 0.4) is 0 Å². The van der Waals surface area contributed by atoms with Crippen LogP contribution in [0.5, 0.6) is 0 Å². The van der Waals surface area contributed by atoms with E-state index in [0.29, 0.717) is 0 Å². The molecular weight excluding hydrogens is 272 g/mol. The van der Waals surface area contributed by atoms with Gasteiger partial charge in [-0.05, 0) is 20.8 Å². The Balaban J connectivity index is 2.28. The molecule has 116 valence electrons. The highest BCUT2D eigenvalue weighted by molar-refractivity contribution is 5.80. The fourth-order valence-corrected chi connectivity index (χ4v) is 2.60. The first-order chi connectivity index (χ1) is 10.2. The van der Waals surface area contributed by atoms with E-state index in [4.69, 9.17) is 10.1 Å². The monoisotopic (exact) mass is 296 g/mol. The SMILES string of the molecule is CC(C)(C)c1nn(C(C)(C)C)c2[nH]c(-c3ccccc3)nc12. The molecule has 0 aliphatic rings. The molecule has 0 amide bonds. The number of nitrogens with one attached hydrogen (secondary N) is 1. The highest BCUT2D eigenvalue weighted by atomic mass is 15.4. The van der Waals surface area contributed by atoms with Gasteiger partial charge in [0.1, 0.15) is 11.3 Å². The lowest BCUT2D eigenvalue weighted by atomic mass is 9.92. The van der Waals surface area contributed by atoms with Crippen molar-refractivity contribution in [3.05, 3.63) is 36.0 Å². The van der Waals surface area contributed by atoms with E-state index < -0.39 is 0 Å². The zero-order valence-electron chi connectivity index (χ0n) is 14.2. The van der Waals surface area contributed by atoms with Crippen LogP contribution in [0.4, 0.5) is 0 Å². The van der Waals surface area contributed by atoms with Gasteiger partial charge >= 0.3 is 0 Å². The minimum atomic E-state index is -0.0950. The van der Waals surface area contributed by atoms with Gasteiger partial charge in [-0.15, -0.1) is 0 Å². The topological polar surface area (TPSA) is 46.5 Å². The summed E-state index contributed by atoms with van der Waals surface area (Å²) in [6.45, 7) is 13.0. The van der Waals surface area contributed by atoms with Crippen LogP contribution in [0.15, 0.2) is 30.3 Å². The molecular formula is C18H24N4. The van der Waals surface area contributed by atoms with Gasteiger partial charge in [0, 0.05) is 11.0 Å². The molecule has 22 heavy (non-hydrogen) atoms. The van der Waals surface area contributed by atoms with Crippen LogP contribution in [0.2, 0.25) is 0 Å². The van der Waals surface area contributed by atoms with Crippen molar-refractivity contribution in [1.82, 2.24) is 19.7 Å². The molecule has 0 radical (unpaired) electrons. The molecule has 4 heteroatoms. The molecule has 0 atom stereocenters. The summed E-state index contributed by atoms with van der Waals surface area (Å²) >= 11 is 0. The molecule has 4 nitrogen and oxygen atoms in total. The summed E-state index contributed by atoms with van der Waals surface area (Å²) in [5, 5.41) is 4.85. The van der Waals surface area contributed by atoms with Crippen LogP contribution in [0.1, 0.15) is 47.2 Å². The predicted octanol–water partition coefficient (Wildman–Crippen LogP) is 4.48. The lowest BCUT2D eigenvalue weighted by Gasteiger charge is -2.21. The molecule has 1 N–H and O–H groups in total. The Hall–Kier alpha value is -2.10. The molecule has 0 saturated carbocycles. The average Bonchev–Trinajstić information content (AvgIpc) is 2.95. The number of aromatic nitrogens is 4. The third-order valence-corrected chi connectivity index (χ3v) is 3.71. The Morgan fingerprint density at radius 2 is 1.59 bits per heavy atom. The van der Waals surface area contributed by atoms with Crippen molar-refractivity contribution in [3.63, 3.8) is 0 Å². The van der Waals surface area contributed by atoms with E-state index in [-0.39, 0.29) is 11.0 Å². The quantitative estimate of drug-likeness (QED) is 0.719. The standard InChI is InChI=1S/C18H24N4/c1-17(2,3)14-13-16(22(21-14)18(4,5)6)20-15(19-13)12-10-8-7-9-11-12/h7-11H,1-6H3,(H,19,20). The number of benzene rings is 1. The fraction of sp³-hybridized carbons (Fsp3) is 0.444. The molecule has 0 bridgehead atoms. The first-order valence-corrected chi connectivity index (χ1v) is 7.73. The van der Waals surface area contributed by atoms with Crippen molar-refractivity contribution in [2.45, 2.75) is 52.5 Å². The maximum Gasteiger partial charge on any atom is 0.157 e. The van der Waals surface area contributed by atoms with E-state index >= 15 is 0 Å². The van der Waals surface area contributed by atoms with E-state index in [1.807, 2.05) is 18.2 Å². The van der Waals surface area contributed by atoms with E-state index in [1.165, 1.54) is 0 Å². The van der Waals surface area contributed by atoms with Crippen molar-refractivity contribution in [2.75, 3.05) is 0 Å². The van der Waals surface area contributed by atoms with Crippen LogP contribution >= 0.6 is 0 Å². The molecule has 0 unspecified atom stereocenters. The summed E-state index contributed by atoms with van der Waals surface area (Å²) in [4.78, 5) is 8.31. The Bertz CT molecular complexity index is 749. The lowest BCUT2D eigenvalue weighted by molar-refractivity contribution is 0.358. The summed E-state index contributed by atoms with van der Waals surface area (Å²) in [6, 6.07) is 10.2. The van der Waals surface area contributed by atoms with Crippen molar-refractivity contribution in [2.24, 2.45) is 0 Å². The summed E-state index contributed by atoms with van der Waals surface area (Å²) in [5.74, 6) is 0.900. The van der Waals surface area contributed by atoms with Gasteiger partial charge in [-0.1, -0.05) is 51.1 Å². The second-order valence-electron chi connectivity index (χ2n) is 7.83. The number of fused-ring (bicyclic) bond motifs is 1. The van der Waals surface area contributed by atoms with Gasteiger partial charge in [-0.2, -0.15) is 5.10 Å². The van der Waals surface area contributed by atoms with Gasteiger partial charge in [0.15, 0.2) is 5.65 Å². The van der Waals surface area contributed by atoms with Crippen LogP contribution in [-0.2, 0) is 11.0 Å². The largest absolute Gasteiger partial charge is 0.323 e. The molecule has 3 aromatic rings. The van der Waals surface area contributed by atoms with Crippen molar-refractivity contribution in [1.29, 1.82) is 0 Å². The smallest absolute Gasteiger partial charge is 0.157 e. The summed E-state index contributed by atoms with van der Waals surface area (Å²) in [6.07, 6.45) is 0. The van der Waals surface area contributed by atoms with Crippen LogP contribution < -0.4 is 0 Å². The van der Waals surface area contributed by atoms with E-state index in [2.05, 4.69) is 63.3 Å². The minimum absolute atomic E-state index is 0.0437. The second kappa shape index (κ2) is 4.70. The number of hydrogen-bond donors (Lipinski definition) is 1. The molecule has 0 aliphatic carbocycles. The molecule has 0 spiro atoms. The third-order valence-electron chi connectivity index (χ3n) is 3.71. The number of aromatic amines is 1. The van der Waals surface area contributed by atoms with E-state index in [1.54, 1.807) is 0 Å². The molecule has 2 aromatic heterocycles. The van der Waals surface area contributed by atoms with Gasteiger partial charge in [-0.3, -0.25) is 0 Å². The number of rotatable bonds is 1. The summed E-state index contributed by atoms with van der Waals surface area (Å²) in [5.41, 5.74) is 3.97. The minimum Gasteiger partial charge on any atom is -0.323 e. The van der Waals surface area contributed by atoms with Gasteiger partial charge in [0.2, 0.25) is 0 Å². The van der Waals surface area contributed by atoms with Crippen LogP contribution in [0.25, 0.3) is 22.6 Å². The number of H-pyrrole nitrogens is 1. The maximum absolute atomic E-state index is 4.85. The lowest BCUT2D eigenvalue weighted by Crippen LogP contribution is -2.24. The van der Waals surface area contributed by atoms with Crippen LogP contribution in [0, 0.1) is 0 Å². The maximum atomic E-state index is 4.85. The Labute approximate surface area is 131 Å². The predicted molar refractivity (Wildman–Crippen MR) is 91.0 cm³/mol.